The SMILES string of the molecule is CC(C)N(CCC(=O)O)C(=O)C1CCCCC1N. The van der Waals surface area contributed by atoms with Crippen molar-refractivity contribution in [1.29, 1.82) is 0 Å². The lowest BCUT2D eigenvalue weighted by Gasteiger charge is -2.34. The summed E-state index contributed by atoms with van der Waals surface area (Å²) in [6.07, 6.45) is 3.83. The van der Waals surface area contributed by atoms with Gasteiger partial charge in [0, 0.05) is 18.6 Å². The Morgan fingerprint density at radius 3 is 2.44 bits per heavy atom. The van der Waals surface area contributed by atoms with Crippen LogP contribution in [-0.4, -0.2) is 40.5 Å². The van der Waals surface area contributed by atoms with Crippen LogP contribution in [0.1, 0.15) is 46.0 Å². The summed E-state index contributed by atoms with van der Waals surface area (Å²) in [5, 5.41) is 8.73. The number of hydrogen-bond donors (Lipinski definition) is 2. The van der Waals surface area contributed by atoms with E-state index in [0.717, 1.165) is 25.7 Å². The number of carboxylic acids is 1. The van der Waals surface area contributed by atoms with E-state index < -0.39 is 5.97 Å². The Hall–Kier alpha value is -1.10. The van der Waals surface area contributed by atoms with Crippen molar-refractivity contribution in [3.8, 4) is 0 Å². The van der Waals surface area contributed by atoms with E-state index in [0.29, 0.717) is 0 Å². The quantitative estimate of drug-likeness (QED) is 0.774. The molecule has 5 nitrogen and oxygen atoms in total. The molecule has 1 fully saturated rings. The summed E-state index contributed by atoms with van der Waals surface area (Å²) in [7, 11) is 0. The van der Waals surface area contributed by atoms with Gasteiger partial charge in [0.1, 0.15) is 0 Å². The van der Waals surface area contributed by atoms with Crippen molar-refractivity contribution in [2.24, 2.45) is 11.7 Å². The number of amides is 1. The summed E-state index contributed by atoms with van der Waals surface area (Å²) in [5.41, 5.74) is 6.01. The number of hydrogen-bond acceptors (Lipinski definition) is 3. The number of rotatable bonds is 5. The Balaban J connectivity index is 2.65. The highest BCUT2D eigenvalue weighted by molar-refractivity contribution is 5.80. The number of nitrogens with zero attached hydrogens (tertiary/aromatic N) is 1. The Kier molecular flexibility index (Phi) is 5.59. The molecule has 2 atom stereocenters. The minimum atomic E-state index is -0.874. The van der Waals surface area contributed by atoms with Crippen molar-refractivity contribution >= 4 is 11.9 Å². The van der Waals surface area contributed by atoms with Crippen LogP contribution in [0.25, 0.3) is 0 Å². The summed E-state index contributed by atoms with van der Waals surface area (Å²) < 4.78 is 0. The molecule has 0 aromatic heterocycles. The van der Waals surface area contributed by atoms with Crippen LogP contribution in [0.2, 0.25) is 0 Å². The van der Waals surface area contributed by atoms with Crippen LogP contribution < -0.4 is 5.73 Å². The van der Waals surface area contributed by atoms with E-state index in [-0.39, 0.29) is 36.9 Å². The van der Waals surface area contributed by atoms with Crippen molar-refractivity contribution in [2.75, 3.05) is 6.54 Å². The van der Waals surface area contributed by atoms with Gasteiger partial charge < -0.3 is 15.7 Å². The third-order valence-electron chi connectivity index (χ3n) is 3.61. The first-order valence-electron chi connectivity index (χ1n) is 6.71. The van der Waals surface area contributed by atoms with E-state index in [4.69, 9.17) is 10.8 Å². The highest BCUT2D eigenvalue weighted by Gasteiger charge is 2.32. The molecular weight excluding hydrogens is 232 g/mol. The van der Waals surface area contributed by atoms with Crippen LogP contribution in [0.4, 0.5) is 0 Å². The molecule has 0 bridgehead atoms. The maximum Gasteiger partial charge on any atom is 0.305 e. The molecule has 0 aromatic rings. The molecule has 1 aliphatic carbocycles. The molecule has 0 aromatic carbocycles. The highest BCUT2D eigenvalue weighted by Crippen LogP contribution is 2.25. The Bertz CT molecular complexity index is 305. The van der Waals surface area contributed by atoms with E-state index in [1.807, 2.05) is 13.8 Å². The molecule has 1 saturated carbocycles. The second-order valence-electron chi connectivity index (χ2n) is 5.32. The average molecular weight is 256 g/mol. The summed E-state index contributed by atoms with van der Waals surface area (Å²) in [4.78, 5) is 24.7. The molecule has 2 unspecified atom stereocenters. The lowest BCUT2D eigenvalue weighted by atomic mass is 9.84. The Morgan fingerprint density at radius 1 is 1.33 bits per heavy atom. The van der Waals surface area contributed by atoms with Crippen molar-refractivity contribution in [2.45, 2.75) is 58.0 Å². The van der Waals surface area contributed by atoms with Crippen LogP contribution in [0, 0.1) is 5.92 Å². The summed E-state index contributed by atoms with van der Waals surface area (Å²) >= 11 is 0. The summed E-state index contributed by atoms with van der Waals surface area (Å²) in [5.74, 6) is -0.977. The van der Waals surface area contributed by atoms with Gasteiger partial charge in [-0.2, -0.15) is 0 Å². The molecule has 5 heteroatoms. The molecule has 0 radical (unpaired) electrons. The van der Waals surface area contributed by atoms with E-state index >= 15 is 0 Å². The van der Waals surface area contributed by atoms with Gasteiger partial charge in [0.25, 0.3) is 0 Å². The minimum Gasteiger partial charge on any atom is -0.481 e. The maximum atomic E-state index is 12.4. The third-order valence-corrected chi connectivity index (χ3v) is 3.61. The third kappa shape index (κ3) is 3.98. The largest absolute Gasteiger partial charge is 0.481 e. The van der Waals surface area contributed by atoms with Gasteiger partial charge in [-0.3, -0.25) is 9.59 Å². The first-order chi connectivity index (χ1) is 8.43. The standard InChI is InChI=1S/C13H24N2O3/c1-9(2)15(8-7-12(16)17)13(18)10-5-3-4-6-11(10)14/h9-11H,3-8,14H2,1-2H3,(H,16,17). The molecule has 3 N–H and O–H groups in total. The predicted octanol–water partition coefficient (Wildman–Crippen LogP) is 1.22. The molecule has 0 saturated heterocycles. The zero-order chi connectivity index (χ0) is 13.7. The van der Waals surface area contributed by atoms with Gasteiger partial charge in [0.05, 0.1) is 12.3 Å². The fraction of sp³-hybridized carbons (Fsp3) is 0.846. The first-order valence-corrected chi connectivity index (χ1v) is 6.71. The molecule has 18 heavy (non-hydrogen) atoms. The fourth-order valence-electron chi connectivity index (χ4n) is 2.52. The Labute approximate surface area is 108 Å². The van der Waals surface area contributed by atoms with Crippen molar-refractivity contribution < 1.29 is 14.7 Å². The van der Waals surface area contributed by atoms with Crippen molar-refractivity contribution in [3.05, 3.63) is 0 Å². The molecule has 1 aliphatic rings. The Morgan fingerprint density at radius 2 is 1.94 bits per heavy atom. The van der Waals surface area contributed by atoms with Gasteiger partial charge in [-0.15, -0.1) is 0 Å². The summed E-state index contributed by atoms with van der Waals surface area (Å²) in [6, 6.07) is -0.0525. The van der Waals surface area contributed by atoms with Crippen LogP contribution >= 0.6 is 0 Å². The van der Waals surface area contributed by atoms with Crippen LogP contribution in [0.5, 0.6) is 0 Å². The number of nitrogens with two attached hydrogens (primary N) is 1. The van der Waals surface area contributed by atoms with Gasteiger partial charge in [0.2, 0.25) is 5.91 Å². The molecule has 0 spiro atoms. The summed E-state index contributed by atoms with van der Waals surface area (Å²) in [6.45, 7) is 4.09. The maximum absolute atomic E-state index is 12.4. The van der Waals surface area contributed by atoms with Gasteiger partial charge in [0.15, 0.2) is 0 Å². The van der Waals surface area contributed by atoms with Crippen molar-refractivity contribution in [1.82, 2.24) is 4.90 Å². The molecule has 104 valence electrons. The minimum absolute atomic E-state index is 0.00806. The topological polar surface area (TPSA) is 83.6 Å². The van der Waals surface area contributed by atoms with Gasteiger partial charge in [-0.25, -0.2) is 0 Å². The fourth-order valence-corrected chi connectivity index (χ4v) is 2.52. The second-order valence-corrected chi connectivity index (χ2v) is 5.32. The second kappa shape index (κ2) is 6.73. The normalized spacial score (nSPS) is 24.0. The molecule has 0 aliphatic heterocycles. The van der Waals surface area contributed by atoms with Crippen molar-refractivity contribution in [3.63, 3.8) is 0 Å². The van der Waals surface area contributed by atoms with Gasteiger partial charge >= 0.3 is 5.97 Å². The molecular formula is C13H24N2O3. The lowest BCUT2D eigenvalue weighted by Crippen LogP contribution is -2.48. The number of carbonyl (C=O) groups is 2. The monoisotopic (exact) mass is 256 g/mol. The van der Waals surface area contributed by atoms with E-state index in [1.54, 1.807) is 4.90 Å². The first kappa shape index (κ1) is 15.0. The number of aliphatic carboxylic acids is 1. The lowest BCUT2D eigenvalue weighted by molar-refractivity contribution is -0.141. The van der Waals surface area contributed by atoms with Crippen LogP contribution in [-0.2, 0) is 9.59 Å². The highest BCUT2D eigenvalue weighted by atomic mass is 16.4. The zero-order valence-electron chi connectivity index (χ0n) is 11.3. The molecule has 1 amide bonds. The van der Waals surface area contributed by atoms with Gasteiger partial charge in [-0.1, -0.05) is 12.8 Å². The van der Waals surface area contributed by atoms with Crippen LogP contribution in [0.15, 0.2) is 0 Å². The molecule has 1 rings (SSSR count). The predicted molar refractivity (Wildman–Crippen MR) is 69.0 cm³/mol. The van der Waals surface area contributed by atoms with E-state index in [9.17, 15) is 9.59 Å². The van der Waals surface area contributed by atoms with Gasteiger partial charge in [-0.05, 0) is 26.7 Å². The number of carbonyl (C=O) groups excluding carboxylic acids is 1. The number of carboxylic acid groups (broad SMARTS) is 1. The average Bonchev–Trinajstić information content (AvgIpc) is 2.28. The van der Waals surface area contributed by atoms with E-state index in [2.05, 4.69) is 0 Å². The van der Waals surface area contributed by atoms with Crippen LogP contribution in [0.3, 0.4) is 0 Å². The zero-order valence-corrected chi connectivity index (χ0v) is 11.3. The van der Waals surface area contributed by atoms with E-state index in [1.165, 1.54) is 0 Å². The molecule has 0 heterocycles. The smallest absolute Gasteiger partial charge is 0.305 e.